The summed E-state index contributed by atoms with van der Waals surface area (Å²) < 4.78 is 30.0. The van der Waals surface area contributed by atoms with E-state index in [9.17, 15) is 8.42 Å². The molecule has 2 bridgehead atoms. The summed E-state index contributed by atoms with van der Waals surface area (Å²) in [4.78, 5) is 9.37. The van der Waals surface area contributed by atoms with E-state index in [-0.39, 0.29) is 24.0 Å². The predicted octanol–water partition coefficient (Wildman–Crippen LogP) is 2.90. The quantitative estimate of drug-likeness (QED) is 0.462. The number of aromatic amines is 1. The molecule has 11 nitrogen and oxygen atoms in total. The Kier molecular flexibility index (Phi) is 5.78. The largest absolute Gasteiger partial charge is 0.367 e. The van der Waals surface area contributed by atoms with Crippen LogP contribution < -0.4 is 10.6 Å². The van der Waals surface area contributed by atoms with Gasteiger partial charge in [-0.3, -0.25) is 10.1 Å². The monoisotopic (exact) mass is 507 g/mol. The van der Waals surface area contributed by atoms with Gasteiger partial charge in [-0.15, -0.1) is 0 Å². The molecule has 0 amide bonds. The molecule has 12 heteroatoms. The van der Waals surface area contributed by atoms with Gasteiger partial charge in [0.1, 0.15) is 11.6 Å². The van der Waals surface area contributed by atoms with Gasteiger partial charge in [0.15, 0.2) is 5.82 Å². The number of hydrogen-bond donors (Lipinski definition) is 3. The lowest BCUT2D eigenvalue weighted by Crippen LogP contribution is -2.63. The summed E-state index contributed by atoms with van der Waals surface area (Å²) in [7, 11) is -3.56. The maximum atomic E-state index is 13.4. The fourth-order valence-electron chi connectivity index (χ4n) is 5.73. The maximum Gasteiger partial charge on any atom is 0.282 e. The van der Waals surface area contributed by atoms with Crippen LogP contribution in [0, 0.1) is 24.2 Å². The van der Waals surface area contributed by atoms with Crippen molar-refractivity contribution in [2.24, 2.45) is 5.92 Å². The molecule has 0 saturated carbocycles. The normalized spacial score (nSPS) is 25.3. The number of rotatable bonds is 6. The number of nitriles is 1. The molecule has 0 spiro atoms. The number of H-pyrrole nitrogens is 1. The van der Waals surface area contributed by atoms with E-state index in [1.165, 1.54) is 4.31 Å². The zero-order chi connectivity index (χ0) is 24.9. The van der Waals surface area contributed by atoms with Crippen molar-refractivity contribution in [3.8, 4) is 6.07 Å². The molecule has 0 radical (unpaired) electrons. The topological polar surface area (TPSA) is 143 Å². The van der Waals surface area contributed by atoms with Gasteiger partial charge in [0.2, 0.25) is 0 Å². The number of aromatic nitrogens is 4. The fourth-order valence-corrected chi connectivity index (χ4v) is 7.87. The third-order valence-corrected chi connectivity index (χ3v) is 9.51. The summed E-state index contributed by atoms with van der Waals surface area (Å²) in [6.07, 6.45) is 5.91. The van der Waals surface area contributed by atoms with Gasteiger partial charge < -0.3 is 10.6 Å². The average molecular weight is 508 g/mol. The van der Waals surface area contributed by atoms with Crippen molar-refractivity contribution in [3.05, 3.63) is 36.2 Å². The van der Waals surface area contributed by atoms with Gasteiger partial charge in [0, 0.05) is 60.6 Å². The molecule has 3 atom stereocenters. The number of nitrogens with one attached hydrogen (secondary N) is 3. The first-order valence-electron chi connectivity index (χ1n) is 12.4. The third-order valence-electron chi connectivity index (χ3n) is 7.43. The van der Waals surface area contributed by atoms with E-state index in [0.29, 0.717) is 37.6 Å². The second-order valence-corrected chi connectivity index (χ2v) is 11.9. The van der Waals surface area contributed by atoms with Crippen LogP contribution in [0.25, 0.3) is 10.9 Å². The summed E-state index contributed by atoms with van der Waals surface area (Å²) in [5, 5.41) is 24.0. The van der Waals surface area contributed by atoms with Crippen LogP contribution in [0.4, 0.5) is 17.5 Å². The van der Waals surface area contributed by atoms with E-state index in [1.807, 2.05) is 31.2 Å². The Bertz CT molecular complexity index is 1410. The second-order valence-electron chi connectivity index (χ2n) is 10.0. The van der Waals surface area contributed by atoms with Crippen LogP contribution in [0.15, 0.2) is 30.5 Å². The van der Waals surface area contributed by atoms with Crippen molar-refractivity contribution in [1.82, 2.24) is 28.8 Å². The third kappa shape index (κ3) is 4.17. The van der Waals surface area contributed by atoms with Crippen LogP contribution in [0.1, 0.15) is 37.8 Å². The van der Waals surface area contributed by atoms with Gasteiger partial charge in [-0.1, -0.05) is 6.42 Å². The molecular weight excluding hydrogens is 478 g/mol. The first-order valence-corrected chi connectivity index (χ1v) is 13.8. The Labute approximate surface area is 210 Å². The first-order chi connectivity index (χ1) is 17.4. The number of fused-ring (bicyclic) bond motifs is 3. The van der Waals surface area contributed by atoms with Crippen LogP contribution >= 0.6 is 0 Å². The van der Waals surface area contributed by atoms with Crippen molar-refractivity contribution in [1.29, 1.82) is 5.26 Å². The van der Waals surface area contributed by atoms with Gasteiger partial charge in [0.25, 0.3) is 10.2 Å². The summed E-state index contributed by atoms with van der Waals surface area (Å²) in [6.45, 7) is 2.54. The highest BCUT2D eigenvalue weighted by atomic mass is 32.2. The second kappa shape index (κ2) is 8.99. The summed E-state index contributed by atoms with van der Waals surface area (Å²) in [5.41, 5.74) is 1.76. The number of hydrogen-bond acceptors (Lipinski definition) is 8. The molecule has 6 heterocycles. The van der Waals surface area contributed by atoms with E-state index < -0.39 is 10.2 Å². The van der Waals surface area contributed by atoms with Crippen LogP contribution in [0.5, 0.6) is 0 Å². The van der Waals surface area contributed by atoms with E-state index in [0.717, 1.165) is 41.7 Å². The number of anilines is 3. The molecule has 0 aliphatic carbocycles. The molecule has 3 fully saturated rings. The Morgan fingerprint density at radius 3 is 2.64 bits per heavy atom. The summed E-state index contributed by atoms with van der Waals surface area (Å²) in [6, 6.07) is 9.84. The van der Waals surface area contributed by atoms with Crippen molar-refractivity contribution >= 4 is 38.6 Å². The summed E-state index contributed by atoms with van der Waals surface area (Å²) >= 11 is 0. The molecule has 36 heavy (non-hydrogen) atoms. The molecule has 3 saturated heterocycles. The number of nitrogens with zero attached hydrogens (tertiary/aromatic N) is 6. The molecule has 3 aromatic rings. The standard InChI is InChI=1S/C24H29N9O2S/c1-15-8-23(31-30-15)28-22-11-21-20(6-3-7-26-21)24(29-22)27-17-9-18-4-2-5-19(10-17)33(18)36(34,35)32-13-16(12-25)14-32/h3,6-8,11,16-19H,2,4-5,9-10,13-14H2,1H3,(H3,27,28,29,30,31)/t17?,18-,19?/m0/s1. The molecular formula is C24H29N9O2S. The minimum absolute atomic E-state index is 0.0566. The molecule has 188 valence electrons. The van der Waals surface area contributed by atoms with Gasteiger partial charge in [-0.25, -0.2) is 4.98 Å². The minimum Gasteiger partial charge on any atom is -0.367 e. The lowest BCUT2D eigenvalue weighted by molar-refractivity contribution is 0.0984. The van der Waals surface area contributed by atoms with E-state index in [1.54, 1.807) is 10.5 Å². The van der Waals surface area contributed by atoms with Crippen LogP contribution in [0.3, 0.4) is 0 Å². The zero-order valence-electron chi connectivity index (χ0n) is 20.1. The Hall–Kier alpha value is -3.27. The Morgan fingerprint density at radius 2 is 1.94 bits per heavy atom. The van der Waals surface area contributed by atoms with Crippen molar-refractivity contribution < 1.29 is 8.42 Å². The fraction of sp³-hybridized carbons (Fsp3) is 0.500. The molecule has 6 rings (SSSR count). The molecule has 0 aromatic carbocycles. The number of aryl methyl sites for hydroxylation is 1. The zero-order valence-corrected chi connectivity index (χ0v) is 20.9. The molecule has 2 unspecified atom stereocenters. The predicted molar refractivity (Wildman–Crippen MR) is 136 cm³/mol. The molecule has 3 aliphatic rings. The van der Waals surface area contributed by atoms with Crippen LogP contribution in [-0.4, -0.2) is 68.4 Å². The highest BCUT2D eigenvalue weighted by Crippen LogP contribution is 2.39. The molecule has 3 aromatic heterocycles. The van der Waals surface area contributed by atoms with Gasteiger partial charge in [0.05, 0.1) is 17.5 Å². The van der Waals surface area contributed by atoms with Crippen molar-refractivity contribution in [2.75, 3.05) is 23.7 Å². The Balaban J connectivity index is 1.24. The van der Waals surface area contributed by atoms with Gasteiger partial charge >= 0.3 is 0 Å². The Morgan fingerprint density at radius 1 is 1.17 bits per heavy atom. The molecule has 3 aliphatic heterocycles. The van der Waals surface area contributed by atoms with Crippen LogP contribution in [0.2, 0.25) is 0 Å². The molecule has 3 N–H and O–H groups in total. The van der Waals surface area contributed by atoms with Gasteiger partial charge in [-0.05, 0) is 44.7 Å². The van der Waals surface area contributed by atoms with Gasteiger partial charge in [-0.2, -0.15) is 27.4 Å². The van der Waals surface area contributed by atoms with E-state index in [2.05, 4.69) is 31.9 Å². The van der Waals surface area contributed by atoms with Crippen LogP contribution in [-0.2, 0) is 10.2 Å². The smallest absolute Gasteiger partial charge is 0.282 e. The minimum atomic E-state index is -3.56. The van der Waals surface area contributed by atoms with Crippen molar-refractivity contribution in [3.63, 3.8) is 0 Å². The van der Waals surface area contributed by atoms with Crippen molar-refractivity contribution in [2.45, 2.75) is 57.2 Å². The maximum absolute atomic E-state index is 13.4. The summed E-state index contributed by atoms with van der Waals surface area (Å²) in [5.74, 6) is 1.85. The SMILES string of the molecule is Cc1cc(Nc2cc3ncccc3c(NC3CC4CCC[C@@H](C3)N4S(=O)(=O)N3CC(C#N)C3)n2)n[nH]1. The lowest BCUT2D eigenvalue weighted by Gasteiger charge is -2.50. The number of pyridine rings is 2. The highest BCUT2D eigenvalue weighted by molar-refractivity contribution is 7.86. The number of piperidine rings is 2. The van der Waals surface area contributed by atoms with E-state index in [4.69, 9.17) is 10.2 Å². The average Bonchev–Trinajstić information content (AvgIpc) is 3.22. The first kappa shape index (κ1) is 23.1. The van der Waals surface area contributed by atoms with E-state index >= 15 is 0 Å². The lowest BCUT2D eigenvalue weighted by atomic mass is 9.84. The highest BCUT2D eigenvalue weighted by Gasteiger charge is 2.49.